The van der Waals surface area contributed by atoms with Crippen LogP contribution in [0.25, 0.3) is 0 Å². The topological polar surface area (TPSA) is 79.3 Å². The largest absolute Gasteiger partial charge is 0.478 e. The Hall–Kier alpha value is -1.43. The van der Waals surface area contributed by atoms with Gasteiger partial charge in [-0.15, -0.1) is 0 Å². The number of hydrogen-bond acceptors (Lipinski definition) is 3. The van der Waals surface area contributed by atoms with Crippen molar-refractivity contribution in [2.75, 3.05) is 10.6 Å². The third kappa shape index (κ3) is 3.67. The fraction of sp³-hybridized carbons (Fsp3) is 0.222. The first-order chi connectivity index (χ1) is 7.13. The second-order valence-corrected chi connectivity index (χ2v) is 3.55. The zero-order valence-corrected chi connectivity index (χ0v) is 9.32. The van der Waals surface area contributed by atoms with E-state index in [1.807, 2.05) is 0 Å². The Kier molecular flexibility index (Phi) is 4.23. The maximum atomic E-state index is 11.2. The second-order valence-electron chi connectivity index (χ2n) is 2.75. The fourth-order valence-electron chi connectivity index (χ4n) is 0.935. The lowest BCUT2D eigenvalue weighted by atomic mass is 10.2. The normalized spacial score (nSPS) is 9.67. The average Bonchev–Trinajstić information content (AvgIpc) is 2.18. The maximum absolute atomic E-state index is 11.2. The zero-order chi connectivity index (χ0) is 11.3. The van der Waals surface area contributed by atoms with Crippen LogP contribution in [0.2, 0.25) is 0 Å². The Morgan fingerprint density at radius 3 is 2.80 bits per heavy atom. The minimum atomic E-state index is -1.07. The number of rotatable bonds is 4. The molecule has 1 heterocycles. The molecule has 0 saturated heterocycles. The Morgan fingerprint density at radius 2 is 2.20 bits per heavy atom. The van der Waals surface area contributed by atoms with Crippen LogP contribution in [0.4, 0.5) is 5.69 Å². The van der Waals surface area contributed by atoms with Gasteiger partial charge in [-0.2, -0.15) is 0 Å². The lowest BCUT2D eigenvalue weighted by Crippen LogP contribution is -2.12. The smallest absolute Gasteiger partial charge is 0.337 e. The van der Waals surface area contributed by atoms with E-state index >= 15 is 0 Å². The van der Waals surface area contributed by atoms with Crippen LogP contribution in [0.5, 0.6) is 0 Å². The third-order valence-electron chi connectivity index (χ3n) is 1.59. The summed E-state index contributed by atoms with van der Waals surface area (Å²) in [7, 11) is 0. The lowest BCUT2D eigenvalue weighted by molar-refractivity contribution is -0.115. The Labute approximate surface area is 94.6 Å². The summed E-state index contributed by atoms with van der Waals surface area (Å²) in [5, 5.41) is 11.8. The number of aromatic nitrogens is 1. The highest BCUT2D eigenvalue weighted by atomic mass is 79.9. The SMILES string of the molecule is O=C(CCBr)Nc1cncc(C(=O)O)c1. The molecule has 1 aromatic rings. The van der Waals surface area contributed by atoms with Crippen molar-refractivity contribution in [3.05, 3.63) is 24.0 Å². The molecule has 5 nitrogen and oxygen atoms in total. The quantitative estimate of drug-likeness (QED) is 0.815. The molecular weight excluding hydrogens is 264 g/mol. The van der Waals surface area contributed by atoms with Crippen LogP contribution >= 0.6 is 15.9 Å². The summed E-state index contributed by atoms with van der Waals surface area (Å²) in [5.41, 5.74) is 0.437. The van der Waals surface area contributed by atoms with E-state index in [1.54, 1.807) is 0 Å². The van der Waals surface area contributed by atoms with E-state index in [2.05, 4.69) is 26.2 Å². The number of nitrogens with zero attached hydrogens (tertiary/aromatic N) is 1. The number of halogens is 1. The van der Waals surface area contributed by atoms with Crippen molar-refractivity contribution < 1.29 is 14.7 Å². The molecule has 0 fully saturated rings. The number of carbonyl (C=O) groups is 2. The molecule has 0 saturated carbocycles. The molecular formula is C9H9BrN2O3. The van der Waals surface area contributed by atoms with Crippen LogP contribution in [0.3, 0.4) is 0 Å². The predicted molar refractivity (Wildman–Crippen MR) is 58.2 cm³/mol. The summed E-state index contributed by atoms with van der Waals surface area (Å²) in [6.45, 7) is 0. The summed E-state index contributed by atoms with van der Waals surface area (Å²) in [5.74, 6) is -1.25. The predicted octanol–water partition coefficient (Wildman–Crippen LogP) is 1.50. The number of pyridine rings is 1. The molecule has 80 valence electrons. The second kappa shape index (κ2) is 5.45. The van der Waals surface area contributed by atoms with Crippen molar-refractivity contribution in [1.82, 2.24) is 4.98 Å². The number of carboxylic acids is 1. The van der Waals surface area contributed by atoms with Gasteiger partial charge in [-0.3, -0.25) is 9.78 Å². The van der Waals surface area contributed by atoms with Gasteiger partial charge >= 0.3 is 5.97 Å². The van der Waals surface area contributed by atoms with Crippen molar-refractivity contribution in [3.63, 3.8) is 0 Å². The van der Waals surface area contributed by atoms with E-state index in [4.69, 9.17) is 5.11 Å². The van der Waals surface area contributed by atoms with Gasteiger partial charge in [-0.25, -0.2) is 4.79 Å². The number of anilines is 1. The van der Waals surface area contributed by atoms with E-state index in [1.165, 1.54) is 18.5 Å². The van der Waals surface area contributed by atoms with Gasteiger partial charge in [-0.1, -0.05) is 15.9 Å². The van der Waals surface area contributed by atoms with Crippen LogP contribution < -0.4 is 5.32 Å². The van der Waals surface area contributed by atoms with Gasteiger partial charge in [-0.05, 0) is 6.07 Å². The van der Waals surface area contributed by atoms with Gasteiger partial charge < -0.3 is 10.4 Å². The highest BCUT2D eigenvalue weighted by Crippen LogP contribution is 2.08. The molecule has 0 radical (unpaired) electrons. The lowest BCUT2D eigenvalue weighted by Gasteiger charge is -2.03. The van der Waals surface area contributed by atoms with Crippen molar-refractivity contribution in [1.29, 1.82) is 0 Å². The van der Waals surface area contributed by atoms with Gasteiger partial charge in [0.15, 0.2) is 0 Å². The number of alkyl halides is 1. The Morgan fingerprint density at radius 1 is 1.47 bits per heavy atom. The zero-order valence-electron chi connectivity index (χ0n) is 7.74. The molecule has 0 spiro atoms. The number of aromatic carboxylic acids is 1. The molecule has 15 heavy (non-hydrogen) atoms. The molecule has 6 heteroatoms. The standard InChI is InChI=1S/C9H9BrN2O3/c10-2-1-8(13)12-7-3-6(9(14)15)4-11-5-7/h3-5H,1-2H2,(H,12,13)(H,14,15). The Bertz CT molecular complexity index is 381. The van der Waals surface area contributed by atoms with Gasteiger partial charge in [0.2, 0.25) is 5.91 Å². The average molecular weight is 273 g/mol. The van der Waals surface area contributed by atoms with Crippen LogP contribution in [-0.2, 0) is 4.79 Å². The fourth-order valence-corrected chi connectivity index (χ4v) is 1.29. The van der Waals surface area contributed by atoms with Gasteiger partial charge in [0.05, 0.1) is 17.4 Å². The number of amides is 1. The van der Waals surface area contributed by atoms with E-state index in [0.717, 1.165) is 0 Å². The number of nitrogens with one attached hydrogen (secondary N) is 1. The van der Waals surface area contributed by atoms with Crippen LogP contribution in [0, 0.1) is 0 Å². The van der Waals surface area contributed by atoms with Crippen LogP contribution in [0.15, 0.2) is 18.5 Å². The minimum absolute atomic E-state index is 0.0478. The molecule has 0 aliphatic heterocycles. The third-order valence-corrected chi connectivity index (χ3v) is 1.99. The summed E-state index contributed by atoms with van der Waals surface area (Å²) >= 11 is 3.13. The molecule has 0 unspecified atom stereocenters. The monoisotopic (exact) mass is 272 g/mol. The van der Waals surface area contributed by atoms with Crippen LogP contribution in [0.1, 0.15) is 16.8 Å². The van der Waals surface area contributed by atoms with Crippen molar-refractivity contribution in [2.45, 2.75) is 6.42 Å². The summed E-state index contributed by atoms with van der Waals surface area (Å²) in [6, 6.07) is 1.36. The van der Waals surface area contributed by atoms with E-state index in [9.17, 15) is 9.59 Å². The molecule has 2 N–H and O–H groups in total. The maximum Gasteiger partial charge on any atom is 0.337 e. The summed E-state index contributed by atoms with van der Waals surface area (Å²) in [4.78, 5) is 25.5. The van der Waals surface area contributed by atoms with Crippen LogP contribution in [-0.4, -0.2) is 27.3 Å². The first-order valence-electron chi connectivity index (χ1n) is 4.17. The summed E-state index contributed by atoms with van der Waals surface area (Å²) < 4.78 is 0. The molecule has 1 amide bonds. The van der Waals surface area contributed by atoms with E-state index < -0.39 is 5.97 Å². The highest BCUT2D eigenvalue weighted by molar-refractivity contribution is 9.09. The number of carbonyl (C=O) groups excluding carboxylic acids is 1. The van der Waals surface area contributed by atoms with Gasteiger partial charge in [0.1, 0.15) is 0 Å². The summed E-state index contributed by atoms with van der Waals surface area (Å²) in [6.07, 6.45) is 2.96. The molecule has 0 aliphatic carbocycles. The van der Waals surface area contributed by atoms with E-state index in [0.29, 0.717) is 17.4 Å². The molecule has 0 aromatic carbocycles. The van der Waals surface area contributed by atoms with Gasteiger partial charge in [0, 0.05) is 17.9 Å². The molecule has 0 aliphatic rings. The number of carboxylic acid groups (broad SMARTS) is 1. The van der Waals surface area contributed by atoms with Crippen molar-refractivity contribution >= 4 is 33.5 Å². The molecule has 1 rings (SSSR count). The van der Waals surface area contributed by atoms with E-state index in [-0.39, 0.29) is 11.5 Å². The minimum Gasteiger partial charge on any atom is -0.478 e. The van der Waals surface area contributed by atoms with Crippen molar-refractivity contribution in [3.8, 4) is 0 Å². The molecule has 1 aromatic heterocycles. The highest BCUT2D eigenvalue weighted by Gasteiger charge is 2.06. The van der Waals surface area contributed by atoms with Gasteiger partial charge in [0.25, 0.3) is 0 Å². The first-order valence-corrected chi connectivity index (χ1v) is 5.30. The number of hydrogen-bond donors (Lipinski definition) is 2. The Balaban J connectivity index is 2.73. The molecule has 0 bridgehead atoms. The molecule has 0 atom stereocenters. The first kappa shape index (κ1) is 11.6. The van der Waals surface area contributed by atoms with Crippen molar-refractivity contribution in [2.24, 2.45) is 0 Å².